The van der Waals surface area contributed by atoms with Crippen LogP contribution in [-0.2, 0) is 0 Å². The zero-order chi connectivity index (χ0) is 18.8. The van der Waals surface area contributed by atoms with E-state index in [2.05, 4.69) is 15.9 Å². The van der Waals surface area contributed by atoms with Gasteiger partial charge in [0, 0.05) is 47.5 Å². The largest absolute Gasteiger partial charge is 0.454 e. The van der Waals surface area contributed by atoms with E-state index in [9.17, 15) is 0 Å². The molecule has 4 rings (SSSR count). The lowest BCUT2D eigenvalue weighted by atomic mass is 10.2. The number of piperazine rings is 1. The Bertz CT molecular complexity index is 947. The van der Waals surface area contributed by atoms with Gasteiger partial charge in [0.05, 0.1) is 0 Å². The number of benzene rings is 2. The van der Waals surface area contributed by atoms with Crippen molar-refractivity contribution >= 4 is 46.1 Å². The van der Waals surface area contributed by atoms with Crippen LogP contribution in [0, 0.1) is 0 Å². The molecule has 1 aliphatic rings. The van der Waals surface area contributed by atoms with Gasteiger partial charge in [-0.2, -0.15) is 0 Å². The van der Waals surface area contributed by atoms with Gasteiger partial charge >= 0.3 is 0 Å². The zero-order valence-electron chi connectivity index (χ0n) is 14.6. The van der Waals surface area contributed by atoms with Gasteiger partial charge in [0.1, 0.15) is 10.7 Å². The van der Waals surface area contributed by atoms with Crippen LogP contribution in [-0.4, -0.2) is 36.1 Å². The Hall–Kier alpha value is -2.01. The molecule has 2 heterocycles. The third-order valence-electron chi connectivity index (χ3n) is 4.69. The number of halogens is 2. The molecule has 1 aromatic heterocycles. The first kappa shape index (κ1) is 18.4. The van der Waals surface area contributed by atoms with E-state index in [-0.39, 0.29) is 0 Å². The third kappa shape index (κ3) is 4.13. The van der Waals surface area contributed by atoms with Gasteiger partial charge in [-0.05, 0) is 54.6 Å². The maximum atomic E-state index is 6.11. The summed E-state index contributed by atoms with van der Waals surface area (Å²) in [6, 6.07) is 19.4. The van der Waals surface area contributed by atoms with Gasteiger partial charge in [0.15, 0.2) is 5.76 Å². The van der Waals surface area contributed by atoms with Gasteiger partial charge in [-0.25, -0.2) is 0 Å². The minimum atomic E-state index is 0.707. The van der Waals surface area contributed by atoms with Gasteiger partial charge in [-0.15, -0.1) is 0 Å². The van der Waals surface area contributed by atoms with E-state index < -0.39 is 0 Å². The van der Waals surface area contributed by atoms with Crippen molar-refractivity contribution in [3.05, 3.63) is 76.5 Å². The lowest BCUT2D eigenvalue weighted by molar-refractivity contribution is 0.385. The normalized spacial score (nSPS) is 14.4. The molecule has 0 spiro atoms. The topological polar surface area (TPSA) is 19.6 Å². The fourth-order valence-corrected chi connectivity index (χ4v) is 3.82. The summed E-state index contributed by atoms with van der Waals surface area (Å²) in [4.78, 5) is 5.27. The molecule has 27 heavy (non-hydrogen) atoms. The maximum absolute atomic E-state index is 6.11. The Morgan fingerprint density at radius 2 is 1.59 bits per heavy atom. The number of nitrogens with zero attached hydrogens (tertiary/aromatic N) is 2. The quantitative estimate of drug-likeness (QED) is 0.505. The molecule has 0 unspecified atom stereocenters. The van der Waals surface area contributed by atoms with Crippen LogP contribution < -0.4 is 4.90 Å². The van der Waals surface area contributed by atoms with Crippen molar-refractivity contribution in [2.45, 2.75) is 0 Å². The van der Waals surface area contributed by atoms with E-state index in [1.165, 1.54) is 0 Å². The van der Waals surface area contributed by atoms with Crippen molar-refractivity contribution in [1.29, 1.82) is 0 Å². The standard InChI is InChI=1S/C21H18Cl2N2OS/c22-16-6-4-15(5-7-16)19-8-9-20(26-19)21(27)25-12-10-24(11-13-25)18-3-1-2-17(23)14-18/h1-9,14H,10-13H2. The lowest BCUT2D eigenvalue weighted by Gasteiger charge is -2.37. The van der Waals surface area contributed by atoms with E-state index in [4.69, 9.17) is 39.8 Å². The predicted molar refractivity (Wildman–Crippen MR) is 116 cm³/mol. The second kappa shape index (κ2) is 7.93. The number of furan rings is 1. The second-order valence-electron chi connectivity index (χ2n) is 6.43. The van der Waals surface area contributed by atoms with Crippen LogP contribution in [0.3, 0.4) is 0 Å². The van der Waals surface area contributed by atoms with Crippen molar-refractivity contribution in [3.8, 4) is 11.3 Å². The Kier molecular flexibility index (Phi) is 5.39. The van der Waals surface area contributed by atoms with Crippen molar-refractivity contribution in [2.24, 2.45) is 0 Å². The highest BCUT2D eigenvalue weighted by atomic mass is 35.5. The first-order valence-corrected chi connectivity index (χ1v) is 9.92. The van der Waals surface area contributed by atoms with Crippen molar-refractivity contribution in [1.82, 2.24) is 4.90 Å². The number of anilines is 1. The monoisotopic (exact) mass is 416 g/mol. The SMILES string of the molecule is S=C(c1ccc(-c2ccc(Cl)cc2)o1)N1CCN(c2cccc(Cl)c2)CC1. The van der Waals surface area contributed by atoms with Crippen LogP contribution in [0.1, 0.15) is 5.76 Å². The number of hydrogen-bond acceptors (Lipinski definition) is 3. The molecule has 1 fully saturated rings. The molecular weight excluding hydrogens is 399 g/mol. The predicted octanol–water partition coefficient (Wildman–Crippen LogP) is 5.75. The van der Waals surface area contributed by atoms with E-state index in [0.29, 0.717) is 5.02 Å². The molecule has 0 aliphatic carbocycles. The molecule has 1 aliphatic heterocycles. The Morgan fingerprint density at radius 3 is 2.30 bits per heavy atom. The van der Waals surface area contributed by atoms with Crippen LogP contribution in [0.4, 0.5) is 5.69 Å². The van der Waals surface area contributed by atoms with Gasteiger partial charge < -0.3 is 14.2 Å². The lowest BCUT2D eigenvalue weighted by Crippen LogP contribution is -2.48. The molecular formula is C21H18Cl2N2OS. The number of hydrogen-bond donors (Lipinski definition) is 0. The molecule has 138 valence electrons. The number of rotatable bonds is 3. The molecule has 0 bridgehead atoms. The van der Waals surface area contributed by atoms with Crippen LogP contribution in [0.2, 0.25) is 10.0 Å². The summed E-state index contributed by atoms with van der Waals surface area (Å²) in [5, 5.41) is 1.47. The van der Waals surface area contributed by atoms with Crippen LogP contribution in [0.25, 0.3) is 11.3 Å². The fraction of sp³-hybridized carbons (Fsp3) is 0.190. The minimum Gasteiger partial charge on any atom is -0.454 e. The first-order valence-electron chi connectivity index (χ1n) is 8.76. The average Bonchev–Trinajstić information content (AvgIpc) is 3.18. The molecule has 0 N–H and O–H groups in total. The number of thiocarbonyl (C=S) groups is 1. The first-order chi connectivity index (χ1) is 13.1. The summed E-state index contributed by atoms with van der Waals surface area (Å²) in [5.74, 6) is 1.52. The second-order valence-corrected chi connectivity index (χ2v) is 7.69. The van der Waals surface area contributed by atoms with Gasteiger partial charge in [-0.3, -0.25) is 0 Å². The van der Waals surface area contributed by atoms with E-state index in [0.717, 1.165) is 59.0 Å². The minimum absolute atomic E-state index is 0.707. The van der Waals surface area contributed by atoms with E-state index >= 15 is 0 Å². The average molecular weight is 417 g/mol. The van der Waals surface area contributed by atoms with E-state index in [1.54, 1.807) is 0 Å². The molecule has 0 radical (unpaired) electrons. The summed E-state index contributed by atoms with van der Waals surface area (Å²) in [6.45, 7) is 3.49. The zero-order valence-corrected chi connectivity index (χ0v) is 16.9. The molecule has 3 aromatic rings. The molecule has 3 nitrogen and oxygen atoms in total. The maximum Gasteiger partial charge on any atom is 0.162 e. The van der Waals surface area contributed by atoms with Gasteiger partial charge in [-0.1, -0.05) is 41.5 Å². The summed E-state index contributed by atoms with van der Waals surface area (Å²) >= 11 is 17.7. The Labute approximate surface area is 174 Å². The molecule has 0 saturated carbocycles. The Balaban J connectivity index is 1.42. The molecule has 6 heteroatoms. The van der Waals surface area contributed by atoms with Crippen LogP contribution in [0.5, 0.6) is 0 Å². The highest BCUT2D eigenvalue weighted by Gasteiger charge is 2.22. The molecule has 0 amide bonds. The fourth-order valence-electron chi connectivity index (χ4n) is 3.22. The molecule has 2 aromatic carbocycles. The summed E-state index contributed by atoms with van der Waals surface area (Å²) in [5.41, 5.74) is 2.13. The van der Waals surface area contributed by atoms with Crippen molar-refractivity contribution in [2.75, 3.05) is 31.1 Å². The van der Waals surface area contributed by atoms with Crippen molar-refractivity contribution < 1.29 is 4.42 Å². The van der Waals surface area contributed by atoms with E-state index in [1.807, 2.05) is 54.6 Å². The van der Waals surface area contributed by atoms with Gasteiger partial charge in [0.2, 0.25) is 0 Å². The highest BCUT2D eigenvalue weighted by Crippen LogP contribution is 2.26. The highest BCUT2D eigenvalue weighted by molar-refractivity contribution is 7.80. The third-order valence-corrected chi connectivity index (χ3v) is 5.63. The van der Waals surface area contributed by atoms with Gasteiger partial charge in [0.25, 0.3) is 0 Å². The summed E-state index contributed by atoms with van der Waals surface area (Å²) in [6.07, 6.45) is 0. The Morgan fingerprint density at radius 1 is 0.852 bits per heavy atom. The molecule has 0 atom stereocenters. The van der Waals surface area contributed by atoms with Crippen LogP contribution >= 0.6 is 35.4 Å². The van der Waals surface area contributed by atoms with Crippen molar-refractivity contribution in [3.63, 3.8) is 0 Å². The smallest absolute Gasteiger partial charge is 0.162 e. The summed E-state index contributed by atoms with van der Waals surface area (Å²) in [7, 11) is 0. The van der Waals surface area contributed by atoms with Crippen LogP contribution in [0.15, 0.2) is 65.1 Å². The summed E-state index contributed by atoms with van der Waals surface area (Å²) < 4.78 is 5.99. The molecule has 1 saturated heterocycles.